The summed E-state index contributed by atoms with van der Waals surface area (Å²) >= 11 is 0. The van der Waals surface area contributed by atoms with Gasteiger partial charge in [0, 0.05) is 30.9 Å². The Balaban J connectivity index is 1.62. The van der Waals surface area contributed by atoms with Crippen LogP contribution in [0.1, 0.15) is 37.3 Å². The summed E-state index contributed by atoms with van der Waals surface area (Å²) in [4.78, 5) is 19.9. The van der Waals surface area contributed by atoms with Crippen LogP contribution in [-0.4, -0.2) is 41.7 Å². The van der Waals surface area contributed by atoms with Gasteiger partial charge in [-0.15, -0.1) is 0 Å². The van der Waals surface area contributed by atoms with Crippen molar-refractivity contribution in [2.24, 2.45) is 5.41 Å². The quantitative estimate of drug-likeness (QED) is 0.687. The van der Waals surface area contributed by atoms with Crippen molar-refractivity contribution in [3.05, 3.63) is 59.8 Å². The van der Waals surface area contributed by atoms with E-state index in [1.807, 2.05) is 37.3 Å². The molecule has 0 saturated carbocycles. The Kier molecular flexibility index (Phi) is 5.36. The summed E-state index contributed by atoms with van der Waals surface area (Å²) in [5.74, 6) is 0.591. The monoisotopic (exact) mass is 380 g/mol. The summed E-state index contributed by atoms with van der Waals surface area (Å²) in [6.45, 7) is 3.13. The number of carbonyl (C=O) groups is 1. The first kappa shape index (κ1) is 18.9. The highest BCUT2D eigenvalue weighted by molar-refractivity contribution is 5.79. The molecule has 5 nitrogen and oxygen atoms in total. The number of fused-ring (bicyclic) bond motifs is 2. The van der Waals surface area contributed by atoms with Crippen LogP contribution < -0.4 is 4.74 Å². The molecule has 2 fully saturated rings. The van der Waals surface area contributed by atoms with E-state index in [1.165, 1.54) is 11.1 Å². The summed E-state index contributed by atoms with van der Waals surface area (Å²) in [5, 5.41) is 0. The fourth-order valence-corrected chi connectivity index (χ4v) is 5.13. The Morgan fingerprint density at radius 3 is 2.79 bits per heavy atom. The molecule has 3 heterocycles. The summed E-state index contributed by atoms with van der Waals surface area (Å²) < 4.78 is 10.9. The van der Waals surface area contributed by atoms with E-state index in [9.17, 15) is 4.79 Å². The van der Waals surface area contributed by atoms with Crippen LogP contribution in [-0.2, 0) is 22.5 Å². The minimum Gasteiger partial charge on any atom is -0.481 e. The molecule has 0 aliphatic carbocycles. The predicted octanol–water partition coefficient (Wildman–Crippen LogP) is 3.62. The van der Waals surface area contributed by atoms with Crippen LogP contribution in [0.4, 0.5) is 0 Å². The molecule has 5 heteroatoms. The lowest BCUT2D eigenvalue weighted by Gasteiger charge is -2.35. The molecule has 28 heavy (non-hydrogen) atoms. The molecule has 0 spiro atoms. The third-order valence-corrected chi connectivity index (χ3v) is 6.30. The first-order chi connectivity index (χ1) is 13.7. The lowest BCUT2D eigenvalue weighted by molar-refractivity contribution is -0.157. The van der Waals surface area contributed by atoms with Gasteiger partial charge in [0.2, 0.25) is 5.88 Å². The summed E-state index contributed by atoms with van der Waals surface area (Å²) in [5.41, 5.74) is 1.91. The fourth-order valence-electron chi connectivity index (χ4n) is 5.13. The lowest BCUT2D eigenvalue weighted by atomic mass is 9.70. The number of methoxy groups -OCH3 is 1. The molecule has 0 radical (unpaired) electrons. The van der Waals surface area contributed by atoms with Crippen molar-refractivity contribution < 1.29 is 14.3 Å². The highest BCUT2D eigenvalue weighted by Crippen LogP contribution is 2.52. The van der Waals surface area contributed by atoms with Crippen LogP contribution in [0.5, 0.6) is 5.88 Å². The first-order valence-corrected chi connectivity index (χ1v) is 10.1. The van der Waals surface area contributed by atoms with Crippen LogP contribution in [0.2, 0.25) is 0 Å². The second-order valence-electron chi connectivity index (χ2n) is 7.87. The van der Waals surface area contributed by atoms with Crippen molar-refractivity contribution in [1.29, 1.82) is 0 Å². The summed E-state index contributed by atoms with van der Waals surface area (Å²) in [7, 11) is 1.64. The number of aromatic nitrogens is 1. The number of rotatable bonds is 7. The average Bonchev–Trinajstić information content (AvgIpc) is 3.24. The lowest BCUT2D eigenvalue weighted by Crippen LogP contribution is -2.46. The number of esters is 1. The van der Waals surface area contributed by atoms with Crippen molar-refractivity contribution in [3.63, 3.8) is 0 Å². The zero-order valence-electron chi connectivity index (χ0n) is 16.6. The maximum absolute atomic E-state index is 13.2. The van der Waals surface area contributed by atoms with Crippen molar-refractivity contribution in [1.82, 2.24) is 9.88 Å². The van der Waals surface area contributed by atoms with E-state index in [1.54, 1.807) is 13.3 Å². The van der Waals surface area contributed by atoms with Gasteiger partial charge in [0.25, 0.3) is 0 Å². The number of ether oxygens (including phenoxy) is 2. The Bertz CT molecular complexity index is 826. The standard InChI is InChI=1S/C23H28N2O3/c1-3-28-22(26)23(14-17-7-5-4-6-8-17)15-19-9-10-20(23)25(19)16-18-11-12-24-21(13-18)27-2/h4-8,11-13,19-20H,3,9-10,14-16H2,1-2H3/t19-,20+,23+/m0/s1. The number of pyridine rings is 1. The number of hydrogen-bond acceptors (Lipinski definition) is 5. The van der Waals surface area contributed by atoms with Gasteiger partial charge >= 0.3 is 5.97 Å². The van der Waals surface area contributed by atoms with Crippen molar-refractivity contribution in [3.8, 4) is 5.88 Å². The highest BCUT2D eigenvalue weighted by atomic mass is 16.5. The predicted molar refractivity (Wildman–Crippen MR) is 107 cm³/mol. The van der Waals surface area contributed by atoms with Crippen LogP contribution in [0.25, 0.3) is 0 Å². The van der Waals surface area contributed by atoms with Crippen molar-refractivity contribution >= 4 is 5.97 Å². The minimum atomic E-state index is -0.461. The third-order valence-electron chi connectivity index (χ3n) is 6.30. The number of carbonyl (C=O) groups excluding carboxylic acids is 1. The van der Waals surface area contributed by atoms with E-state index in [2.05, 4.69) is 22.0 Å². The molecule has 2 aliphatic heterocycles. The van der Waals surface area contributed by atoms with Gasteiger partial charge in [0.1, 0.15) is 0 Å². The van der Waals surface area contributed by atoms with Gasteiger partial charge in [-0.3, -0.25) is 9.69 Å². The molecule has 4 rings (SSSR count). The molecular weight excluding hydrogens is 352 g/mol. The number of benzene rings is 1. The Labute approximate surface area is 166 Å². The van der Waals surface area contributed by atoms with Crippen LogP contribution in [0.3, 0.4) is 0 Å². The average molecular weight is 380 g/mol. The van der Waals surface area contributed by atoms with Crippen LogP contribution in [0, 0.1) is 5.41 Å². The molecule has 148 valence electrons. The van der Waals surface area contributed by atoms with E-state index in [0.29, 0.717) is 18.5 Å². The van der Waals surface area contributed by atoms with E-state index >= 15 is 0 Å². The summed E-state index contributed by atoms with van der Waals surface area (Å²) in [6, 6.07) is 15.0. The molecule has 2 aromatic rings. The molecule has 3 atom stereocenters. The van der Waals surface area contributed by atoms with Gasteiger partial charge in [0.15, 0.2) is 0 Å². The molecule has 0 amide bonds. The second-order valence-corrected chi connectivity index (χ2v) is 7.87. The first-order valence-electron chi connectivity index (χ1n) is 10.1. The van der Waals surface area contributed by atoms with Gasteiger partial charge in [-0.25, -0.2) is 4.98 Å². The zero-order chi connectivity index (χ0) is 19.6. The Morgan fingerprint density at radius 1 is 1.21 bits per heavy atom. The number of nitrogens with zero attached hydrogens (tertiary/aromatic N) is 2. The Hall–Kier alpha value is -2.40. The maximum Gasteiger partial charge on any atom is 0.314 e. The zero-order valence-corrected chi connectivity index (χ0v) is 16.6. The highest BCUT2D eigenvalue weighted by Gasteiger charge is 2.60. The number of hydrogen-bond donors (Lipinski definition) is 0. The smallest absolute Gasteiger partial charge is 0.314 e. The van der Waals surface area contributed by atoms with Gasteiger partial charge in [-0.1, -0.05) is 30.3 Å². The van der Waals surface area contributed by atoms with Crippen molar-refractivity contribution in [2.75, 3.05) is 13.7 Å². The van der Waals surface area contributed by atoms with E-state index in [0.717, 1.165) is 32.2 Å². The topological polar surface area (TPSA) is 51.7 Å². The summed E-state index contributed by atoms with van der Waals surface area (Å²) in [6.07, 6.45) is 5.58. The van der Waals surface area contributed by atoms with Gasteiger partial charge < -0.3 is 9.47 Å². The Morgan fingerprint density at radius 2 is 2.04 bits per heavy atom. The third kappa shape index (κ3) is 3.39. The van der Waals surface area contributed by atoms with Crippen molar-refractivity contribution in [2.45, 2.75) is 51.2 Å². The normalized spacial score (nSPS) is 26.4. The van der Waals surface area contributed by atoms with E-state index in [-0.39, 0.29) is 12.0 Å². The molecule has 0 N–H and O–H groups in total. The molecular formula is C23H28N2O3. The second kappa shape index (κ2) is 7.92. The van der Waals surface area contributed by atoms with E-state index in [4.69, 9.17) is 9.47 Å². The van der Waals surface area contributed by atoms with Gasteiger partial charge in [0.05, 0.1) is 19.1 Å². The van der Waals surface area contributed by atoms with Gasteiger partial charge in [-0.2, -0.15) is 0 Å². The maximum atomic E-state index is 13.2. The van der Waals surface area contributed by atoms with Gasteiger partial charge in [-0.05, 0) is 49.8 Å². The van der Waals surface area contributed by atoms with Crippen LogP contribution in [0.15, 0.2) is 48.7 Å². The minimum absolute atomic E-state index is 0.0386. The molecule has 2 bridgehead atoms. The molecule has 1 aromatic carbocycles. The molecule has 2 aliphatic rings. The SMILES string of the molecule is CCOC(=O)[C@]1(Cc2ccccc2)C[C@@H]2CC[C@H]1N2Cc1ccnc(OC)c1. The molecule has 1 aromatic heterocycles. The fraction of sp³-hybridized carbons (Fsp3) is 0.478. The molecule has 2 saturated heterocycles. The largest absolute Gasteiger partial charge is 0.481 e. The van der Waals surface area contributed by atoms with E-state index < -0.39 is 5.41 Å². The molecule has 0 unspecified atom stereocenters. The van der Waals surface area contributed by atoms with Crippen LogP contribution >= 0.6 is 0 Å².